The molecule has 0 aliphatic carbocycles. The third-order valence-corrected chi connectivity index (χ3v) is 6.18. The van der Waals surface area contributed by atoms with E-state index in [-0.39, 0.29) is 11.8 Å². The van der Waals surface area contributed by atoms with Crippen molar-refractivity contribution in [2.75, 3.05) is 24.5 Å². The highest BCUT2D eigenvalue weighted by molar-refractivity contribution is 5.80. The zero-order valence-electron chi connectivity index (χ0n) is 17.6. The van der Waals surface area contributed by atoms with Gasteiger partial charge in [-0.25, -0.2) is 9.97 Å². The first-order valence-electron chi connectivity index (χ1n) is 11.1. The molecule has 0 saturated carbocycles. The van der Waals surface area contributed by atoms with Crippen molar-refractivity contribution >= 4 is 11.7 Å². The molecule has 1 fully saturated rings. The maximum absolute atomic E-state index is 13.3. The van der Waals surface area contributed by atoms with Crippen LogP contribution in [0.2, 0.25) is 0 Å². The summed E-state index contributed by atoms with van der Waals surface area (Å²) in [5.41, 5.74) is 2.09. The molecule has 7 heteroatoms. The van der Waals surface area contributed by atoms with Crippen molar-refractivity contribution in [3.8, 4) is 0 Å². The van der Waals surface area contributed by atoms with Crippen LogP contribution in [0.1, 0.15) is 35.7 Å². The van der Waals surface area contributed by atoms with Gasteiger partial charge in [-0.3, -0.25) is 9.78 Å². The lowest BCUT2D eigenvalue weighted by atomic mass is 9.95. The standard InChI is InChI=1S/C24H27N5O2/c30-24(19-6-4-13-28(16-19)22-7-1-2-12-26-22)29-14-10-21-20(17-29)27-23(31-21)9-8-18-5-3-11-25-15-18/h1-3,5,7,11-12,15,19H,4,6,8-10,13-14,16-17H2. The van der Waals surface area contributed by atoms with Gasteiger partial charge in [0.05, 0.1) is 12.5 Å². The molecule has 7 nitrogen and oxygen atoms in total. The van der Waals surface area contributed by atoms with Gasteiger partial charge in [0, 0.05) is 51.1 Å². The highest BCUT2D eigenvalue weighted by atomic mass is 16.4. The molecule has 5 heterocycles. The molecule has 0 bridgehead atoms. The summed E-state index contributed by atoms with van der Waals surface area (Å²) in [6.45, 7) is 2.93. The van der Waals surface area contributed by atoms with Crippen molar-refractivity contribution in [2.24, 2.45) is 5.92 Å². The monoisotopic (exact) mass is 417 g/mol. The van der Waals surface area contributed by atoms with E-state index in [4.69, 9.17) is 9.40 Å². The average molecular weight is 418 g/mol. The third kappa shape index (κ3) is 4.45. The van der Waals surface area contributed by atoms with Crippen molar-refractivity contribution in [3.63, 3.8) is 0 Å². The van der Waals surface area contributed by atoms with Gasteiger partial charge in [0.2, 0.25) is 5.91 Å². The van der Waals surface area contributed by atoms with Crippen LogP contribution in [0.15, 0.2) is 53.3 Å². The summed E-state index contributed by atoms with van der Waals surface area (Å²) in [6.07, 6.45) is 9.73. The number of piperidine rings is 1. The Hall–Kier alpha value is -3.22. The largest absolute Gasteiger partial charge is 0.445 e. The highest BCUT2D eigenvalue weighted by Gasteiger charge is 2.33. The number of carbonyl (C=O) groups is 1. The molecule has 160 valence electrons. The first kappa shape index (κ1) is 19.7. The van der Waals surface area contributed by atoms with Crippen LogP contribution < -0.4 is 4.90 Å². The van der Waals surface area contributed by atoms with Crippen LogP contribution in [0.3, 0.4) is 0 Å². The van der Waals surface area contributed by atoms with Gasteiger partial charge in [0.1, 0.15) is 17.3 Å². The summed E-state index contributed by atoms with van der Waals surface area (Å²) in [7, 11) is 0. The molecule has 31 heavy (non-hydrogen) atoms. The molecule has 2 aliphatic heterocycles. The van der Waals surface area contributed by atoms with Gasteiger partial charge in [-0.1, -0.05) is 12.1 Å². The Balaban J connectivity index is 1.21. The number of oxazole rings is 1. The molecule has 0 spiro atoms. The maximum Gasteiger partial charge on any atom is 0.227 e. The van der Waals surface area contributed by atoms with Gasteiger partial charge in [-0.05, 0) is 43.0 Å². The summed E-state index contributed by atoms with van der Waals surface area (Å²) >= 11 is 0. The van der Waals surface area contributed by atoms with E-state index in [1.165, 1.54) is 5.56 Å². The number of amides is 1. The SMILES string of the molecule is O=C(C1CCCN(c2ccccn2)C1)N1CCc2oc(CCc3cccnc3)nc2C1. The smallest absolute Gasteiger partial charge is 0.227 e. The lowest BCUT2D eigenvalue weighted by molar-refractivity contribution is -0.136. The first-order chi connectivity index (χ1) is 15.3. The zero-order valence-corrected chi connectivity index (χ0v) is 17.6. The van der Waals surface area contributed by atoms with Gasteiger partial charge in [0.25, 0.3) is 0 Å². The van der Waals surface area contributed by atoms with Crippen molar-refractivity contribution in [3.05, 3.63) is 71.8 Å². The number of anilines is 1. The Morgan fingerprint density at radius 1 is 1.13 bits per heavy atom. The van der Waals surface area contributed by atoms with Crippen molar-refractivity contribution in [1.82, 2.24) is 19.9 Å². The predicted molar refractivity (Wildman–Crippen MR) is 116 cm³/mol. The average Bonchev–Trinajstić information content (AvgIpc) is 3.26. The summed E-state index contributed by atoms with van der Waals surface area (Å²) < 4.78 is 5.99. The molecule has 1 atom stereocenters. The Morgan fingerprint density at radius 2 is 2.10 bits per heavy atom. The molecular weight excluding hydrogens is 390 g/mol. The van der Waals surface area contributed by atoms with Crippen LogP contribution in [-0.2, 0) is 30.6 Å². The second-order valence-electron chi connectivity index (χ2n) is 8.32. The number of aryl methyl sites for hydroxylation is 2. The lowest BCUT2D eigenvalue weighted by Gasteiger charge is -2.36. The topological polar surface area (TPSA) is 75.4 Å². The Kier molecular flexibility index (Phi) is 5.65. The lowest BCUT2D eigenvalue weighted by Crippen LogP contribution is -2.46. The van der Waals surface area contributed by atoms with Crippen LogP contribution in [-0.4, -0.2) is 45.4 Å². The number of hydrogen-bond donors (Lipinski definition) is 0. The summed E-state index contributed by atoms with van der Waals surface area (Å²) in [5.74, 6) is 2.88. The zero-order chi connectivity index (χ0) is 21.0. The third-order valence-electron chi connectivity index (χ3n) is 6.18. The van der Waals surface area contributed by atoms with E-state index < -0.39 is 0 Å². The van der Waals surface area contributed by atoms with Gasteiger partial charge in [0.15, 0.2) is 5.89 Å². The maximum atomic E-state index is 13.3. The molecule has 3 aromatic heterocycles. The van der Waals surface area contributed by atoms with Crippen molar-refractivity contribution in [2.45, 2.75) is 38.6 Å². The van der Waals surface area contributed by atoms with E-state index in [0.717, 1.165) is 68.4 Å². The van der Waals surface area contributed by atoms with E-state index in [1.54, 1.807) is 6.20 Å². The predicted octanol–water partition coefficient (Wildman–Crippen LogP) is 3.05. The summed E-state index contributed by atoms with van der Waals surface area (Å²) in [5, 5.41) is 0. The van der Waals surface area contributed by atoms with Gasteiger partial charge in [-0.2, -0.15) is 0 Å². The van der Waals surface area contributed by atoms with Crippen LogP contribution >= 0.6 is 0 Å². The van der Waals surface area contributed by atoms with E-state index in [1.807, 2.05) is 41.6 Å². The Morgan fingerprint density at radius 3 is 2.94 bits per heavy atom. The number of fused-ring (bicyclic) bond motifs is 1. The number of carbonyl (C=O) groups excluding carboxylic acids is 1. The quantitative estimate of drug-likeness (QED) is 0.635. The van der Waals surface area contributed by atoms with E-state index in [0.29, 0.717) is 13.1 Å². The molecular formula is C24H27N5O2. The number of nitrogens with zero attached hydrogens (tertiary/aromatic N) is 5. The minimum Gasteiger partial charge on any atom is -0.445 e. The Labute approximate surface area is 182 Å². The molecule has 3 aromatic rings. The van der Waals surface area contributed by atoms with Crippen molar-refractivity contribution < 1.29 is 9.21 Å². The normalized spacial score (nSPS) is 18.6. The summed E-state index contributed by atoms with van der Waals surface area (Å²) in [6, 6.07) is 9.94. The van der Waals surface area contributed by atoms with E-state index in [9.17, 15) is 4.79 Å². The molecule has 2 aliphatic rings. The molecule has 0 aromatic carbocycles. The number of pyridine rings is 2. The first-order valence-corrected chi connectivity index (χ1v) is 11.1. The van der Waals surface area contributed by atoms with E-state index >= 15 is 0 Å². The number of hydrogen-bond acceptors (Lipinski definition) is 6. The minimum absolute atomic E-state index is 0.00857. The fourth-order valence-electron chi connectivity index (χ4n) is 4.53. The number of rotatable bonds is 5. The van der Waals surface area contributed by atoms with Crippen molar-refractivity contribution in [1.29, 1.82) is 0 Å². The molecule has 1 unspecified atom stereocenters. The second-order valence-corrected chi connectivity index (χ2v) is 8.32. The molecule has 5 rings (SSSR count). The molecule has 1 saturated heterocycles. The van der Waals surface area contributed by atoms with Gasteiger partial charge >= 0.3 is 0 Å². The van der Waals surface area contributed by atoms with Crippen LogP contribution in [0.5, 0.6) is 0 Å². The second kappa shape index (κ2) is 8.88. The fraction of sp³-hybridized carbons (Fsp3) is 0.417. The van der Waals surface area contributed by atoms with E-state index in [2.05, 4.69) is 20.9 Å². The van der Waals surface area contributed by atoms with Crippen LogP contribution in [0.4, 0.5) is 5.82 Å². The number of aromatic nitrogens is 3. The van der Waals surface area contributed by atoms with Crippen LogP contribution in [0, 0.1) is 5.92 Å². The van der Waals surface area contributed by atoms with Gasteiger partial charge in [-0.15, -0.1) is 0 Å². The molecule has 0 N–H and O–H groups in total. The molecule has 1 amide bonds. The van der Waals surface area contributed by atoms with Crippen LogP contribution in [0.25, 0.3) is 0 Å². The minimum atomic E-state index is 0.00857. The molecule has 0 radical (unpaired) electrons. The fourth-order valence-corrected chi connectivity index (χ4v) is 4.53. The van der Waals surface area contributed by atoms with Gasteiger partial charge < -0.3 is 14.2 Å². The summed E-state index contributed by atoms with van der Waals surface area (Å²) in [4.78, 5) is 30.8. The Bertz CT molecular complexity index is 1020. The highest BCUT2D eigenvalue weighted by Crippen LogP contribution is 2.26.